The Morgan fingerprint density at radius 1 is 0.646 bits per heavy atom. The number of aromatic nitrogens is 3. The maximum atomic E-state index is 6.28. The number of furan rings is 1. The van der Waals surface area contributed by atoms with Crippen molar-refractivity contribution < 1.29 is 24.5 Å². The largest absolute Gasteiger partial charge is 0.500 e. The van der Waals surface area contributed by atoms with Gasteiger partial charge in [0.1, 0.15) is 5.58 Å². The Bertz CT molecular complexity index is 2310. The van der Waals surface area contributed by atoms with E-state index in [0.717, 1.165) is 67.5 Å². The number of rotatable bonds is 4. The van der Waals surface area contributed by atoms with Gasteiger partial charge in [-0.1, -0.05) is 74.2 Å². The van der Waals surface area contributed by atoms with E-state index in [9.17, 15) is 0 Å². The minimum atomic E-state index is 0. The zero-order valence-electron chi connectivity index (χ0n) is 27.4. The van der Waals surface area contributed by atoms with E-state index < -0.39 is 0 Å². The molecule has 0 amide bonds. The third-order valence-electron chi connectivity index (χ3n) is 8.09. The summed E-state index contributed by atoms with van der Waals surface area (Å²) in [5, 5.41) is 3.20. The van der Waals surface area contributed by atoms with Crippen molar-refractivity contribution in [2.24, 2.45) is 5.41 Å². The van der Waals surface area contributed by atoms with Crippen LogP contribution in [0.3, 0.4) is 0 Å². The van der Waals surface area contributed by atoms with E-state index in [1.165, 1.54) is 16.7 Å². The van der Waals surface area contributed by atoms with Gasteiger partial charge in [-0.3, -0.25) is 4.98 Å². The van der Waals surface area contributed by atoms with Gasteiger partial charge in [0.2, 0.25) is 0 Å². The Balaban J connectivity index is 0.000000164. The molecule has 0 fully saturated rings. The summed E-state index contributed by atoms with van der Waals surface area (Å²) in [5.41, 5.74) is 11.5. The average molecular weight is 802 g/mol. The number of benzene rings is 4. The van der Waals surface area contributed by atoms with E-state index in [1.807, 2.05) is 73.8 Å². The minimum Gasteiger partial charge on any atom is -0.500 e. The zero-order valence-corrected chi connectivity index (χ0v) is 29.8. The summed E-state index contributed by atoms with van der Waals surface area (Å²) >= 11 is 0. The molecule has 4 aromatic carbocycles. The Labute approximate surface area is 295 Å². The van der Waals surface area contributed by atoms with Gasteiger partial charge in [-0.15, -0.1) is 54.1 Å². The van der Waals surface area contributed by atoms with Crippen LogP contribution in [0.15, 0.2) is 132 Å². The van der Waals surface area contributed by atoms with Gasteiger partial charge < -0.3 is 14.4 Å². The molecule has 239 valence electrons. The number of pyridine rings is 3. The van der Waals surface area contributed by atoms with Crippen LogP contribution in [-0.2, 0) is 26.5 Å². The van der Waals surface area contributed by atoms with Crippen LogP contribution >= 0.6 is 0 Å². The van der Waals surface area contributed by atoms with E-state index in [4.69, 9.17) is 4.42 Å². The zero-order chi connectivity index (χ0) is 32.4. The smallest absolute Gasteiger partial charge is 0.130 e. The topological polar surface area (TPSA) is 51.8 Å². The number of hydrogen-bond donors (Lipinski definition) is 0. The van der Waals surface area contributed by atoms with Gasteiger partial charge in [0.05, 0.1) is 11.1 Å². The molecule has 0 bridgehead atoms. The van der Waals surface area contributed by atoms with Gasteiger partial charge >= 0.3 is 0 Å². The van der Waals surface area contributed by atoms with E-state index in [1.54, 1.807) is 6.20 Å². The summed E-state index contributed by atoms with van der Waals surface area (Å²) < 4.78 is 6.28. The molecule has 4 heterocycles. The van der Waals surface area contributed by atoms with Gasteiger partial charge in [0, 0.05) is 49.0 Å². The third kappa shape index (κ3) is 7.13. The molecule has 48 heavy (non-hydrogen) atoms. The van der Waals surface area contributed by atoms with Gasteiger partial charge in [0.15, 0.2) is 0 Å². The Morgan fingerprint density at radius 3 is 2.17 bits per heavy atom. The molecule has 0 saturated carbocycles. The SMILES string of the molecule is CC(C)(C)Cc1ccc(-c2ccnc(-c3[c-]cccc3)c2)cc1.Cc1ccc2c(ccc3c4cc[c-]c(-c5ccccn5)c4oc23)n1.[Ir]. The van der Waals surface area contributed by atoms with Crippen LogP contribution in [-0.4, -0.2) is 15.0 Å². The van der Waals surface area contributed by atoms with Crippen LogP contribution in [0.4, 0.5) is 0 Å². The number of nitrogens with zero attached hydrogens (tertiary/aromatic N) is 3. The van der Waals surface area contributed by atoms with Crippen LogP contribution in [0.1, 0.15) is 32.0 Å². The van der Waals surface area contributed by atoms with Gasteiger partial charge in [-0.25, -0.2) is 0 Å². The Morgan fingerprint density at radius 2 is 1.42 bits per heavy atom. The number of fused-ring (bicyclic) bond motifs is 5. The van der Waals surface area contributed by atoms with E-state index in [2.05, 4.69) is 102 Å². The standard InChI is InChI=1S/C22H22N.C21H13N2O.Ir/c1-22(2,3)16-17-9-11-18(12-10-17)20-13-14-23-21(15-20)19-7-5-4-6-8-19;1-13-8-9-17-19(23-13)11-10-15-14-5-4-6-16(20(14)24-21(15)17)18-7-2-3-12-22-18;/h4-7,9-15H,16H2,1-3H3;2-5,7-12H,1H3;/q2*-1;. The second-order valence-corrected chi connectivity index (χ2v) is 13.0. The summed E-state index contributed by atoms with van der Waals surface area (Å²) in [7, 11) is 0. The maximum Gasteiger partial charge on any atom is 0.130 e. The molecule has 4 nitrogen and oxygen atoms in total. The summed E-state index contributed by atoms with van der Waals surface area (Å²) in [4.78, 5) is 13.5. The molecule has 0 unspecified atom stereocenters. The van der Waals surface area contributed by atoms with Crippen molar-refractivity contribution in [2.45, 2.75) is 34.1 Å². The minimum absolute atomic E-state index is 0. The normalized spacial score (nSPS) is 11.2. The molecule has 8 rings (SSSR count). The van der Waals surface area contributed by atoms with Crippen molar-refractivity contribution in [3.8, 4) is 33.6 Å². The third-order valence-corrected chi connectivity index (χ3v) is 8.09. The van der Waals surface area contributed by atoms with Crippen molar-refractivity contribution in [2.75, 3.05) is 0 Å². The average Bonchev–Trinajstić information content (AvgIpc) is 3.48. The van der Waals surface area contributed by atoms with Crippen LogP contribution in [0.5, 0.6) is 0 Å². The van der Waals surface area contributed by atoms with Gasteiger partial charge in [-0.05, 0) is 83.2 Å². The monoisotopic (exact) mass is 802 g/mol. The Hall–Kier alpha value is -4.96. The molecule has 5 heteroatoms. The number of aryl methyl sites for hydroxylation is 1. The maximum absolute atomic E-state index is 6.28. The first-order valence-electron chi connectivity index (χ1n) is 15.9. The molecule has 0 aliphatic heterocycles. The first-order valence-corrected chi connectivity index (χ1v) is 15.9. The summed E-state index contributed by atoms with van der Waals surface area (Å²) in [6, 6.07) is 45.6. The van der Waals surface area contributed by atoms with E-state index in [0.29, 0.717) is 5.41 Å². The predicted molar refractivity (Wildman–Crippen MR) is 193 cm³/mol. The first kappa shape index (κ1) is 33.0. The fourth-order valence-corrected chi connectivity index (χ4v) is 5.94. The van der Waals surface area contributed by atoms with Crippen molar-refractivity contribution in [3.05, 3.63) is 151 Å². The molecular weight excluding hydrogens is 767 g/mol. The molecule has 0 aliphatic carbocycles. The summed E-state index contributed by atoms with van der Waals surface area (Å²) in [5.74, 6) is 0. The second kappa shape index (κ2) is 14.0. The summed E-state index contributed by atoms with van der Waals surface area (Å²) in [6.07, 6.45) is 4.75. The molecule has 0 atom stereocenters. The molecule has 1 radical (unpaired) electrons. The fraction of sp³-hybridized carbons (Fsp3) is 0.140. The predicted octanol–water partition coefficient (Wildman–Crippen LogP) is 11.1. The van der Waals surface area contributed by atoms with Gasteiger partial charge in [0.25, 0.3) is 0 Å². The molecule has 0 spiro atoms. The van der Waals surface area contributed by atoms with Crippen molar-refractivity contribution in [1.29, 1.82) is 0 Å². The molecular formula is C43H35IrN3O-2. The van der Waals surface area contributed by atoms with Crippen LogP contribution in [0.25, 0.3) is 66.5 Å². The van der Waals surface area contributed by atoms with Crippen molar-refractivity contribution in [1.82, 2.24) is 15.0 Å². The van der Waals surface area contributed by atoms with Crippen molar-refractivity contribution in [3.63, 3.8) is 0 Å². The van der Waals surface area contributed by atoms with Crippen LogP contribution in [0.2, 0.25) is 0 Å². The molecule has 4 aromatic heterocycles. The molecule has 0 aliphatic rings. The quantitative estimate of drug-likeness (QED) is 0.166. The Kier molecular flexibility index (Phi) is 9.63. The van der Waals surface area contributed by atoms with Crippen LogP contribution in [0, 0.1) is 24.5 Å². The van der Waals surface area contributed by atoms with E-state index in [-0.39, 0.29) is 20.1 Å². The summed E-state index contributed by atoms with van der Waals surface area (Å²) in [6.45, 7) is 8.81. The van der Waals surface area contributed by atoms with Crippen LogP contribution < -0.4 is 0 Å². The number of hydrogen-bond acceptors (Lipinski definition) is 4. The van der Waals surface area contributed by atoms with Crippen molar-refractivity contribution >= 4 is 32.8 Å². The fourth-order valence-electron chi connectivity index (χ4n) is 5.94. The van der Waals surface area contributed by atoms with E-state index >= 15 is 0 Å². The molecule has 0 saturated heterocycles. The van der Waals surface area contributed by atoms with Gasteiger partial charge in [-0.2, -0.15) is 0 Å². The molecule has 8 aromatic rings. The second-order valence-electron chi connectivity index (χ2n) is 13.0. The first-order chi connectivity index (χ1) is 22.8. The molecule has 0 N–H and O–H groups in total.